The molecule has 1 aliphatic heterocycles. The molecule has 0 bridgehead atoms. The maximum Gasteiger partial charge on any atom is 0.220 e. The van der Waals surface area contributed by atoms with Crippen LogP contribution in [0.3, 0.4) is 0 Å². The molecule has 0 unspecified atom stereocenters. The molecule has 0 aromatic rings. The number of hydrogen-bond donors (Lipinski definition) is 2. The summed E-state index contributed by atoms with van der Waals surface area (Å²) >= 11 is 0. The fraction of sp³-hybridized carbons (Fsp3) is 1.00. The molecule has 0 radical (unpaired) electrons. The molecule has 1 saturated heterocycles. The van der Waals surface area contributed by atoms with Crippen molar-refractivity contribution in [2.24, 2.45) is 0 Å². The highest BCUT2D eigenvalue weighted by molar-refractivity contribution is 4.90. The van der Waals surface area contributed by atoms with E-state index in [2.05, 4.69) is 0 Å². The van der Waals surface area contributed by atoms with E-state index in [0.717, 1.165) is 0 Å². The summed E-state index contributed by atoms with van der Waals surface area (Å²) in [7, 11) is 2.93. The van der Waals surface area contributed by atoms with Crippen molar-refractivity contribution in [2.45, 2.75) is 37.6 Å². The van der Waals surface area contributed by atoms with Crippen molar-refractivity contribution in [3.8, 4) is 0 Å². The average Bonchev–Trinajstić information content (AvgIpc) is 2.31. The van der Waals surface area contributed by atoms with Crippen molar-refractivity contribution in [1.82, 2.24) is 0 Å². The first-order chi connectivity index (χ1) is 7.46. The van der Waals surface area contributed by atoms with Gasteiger partial charge in [-0.3, -0.25) is 0 Å². The van der Waals surface area contributed by atoms with Gasteiger partial charge >= 0.3 is 0 Å². The number of aliphatic hydroxyl groups is 2. The van der Waals surface area contributed by atoms with Gasteiger partial charge in [0.1, 0.15) is 12.2 Å². The maximum atomic E-state index is 9.15. The molecule has 1 rings (SSSR count). The molecule has 0 spiro atoms. The summed E-state index contributed by atoms with van der Waals surface area (Å²) < 4.78 is 21.7. The van der Waals surface area contributed by atoms with Crippen LogP contribution in [-0.2, 0) is 18.9 Å². The van der Waals surface area contributed by atoms with Crippen LogP contribution in [0.1, 0.15) is 13.8 Å². The maximum absolute atomic E-state index is 9.15. The fourth-order valence-corrected chi connectivity index (χ4v) is 1.72. The SMILES string of the molecule is CO[C@]1(C)O[C@@H](CO)[C@@H](CO)O[C@@]1(C)OC. The zero-order valence-corrected chi connectivity index (χ0v) is 10.1. The Hall–Kier alpha value is -0.240. The molecule has 96 valence electrons. The summed E-state index contributed by atoms with van der Waals surface area (Å²) in [6, 6.07) is 0. The molecule has 2 N–H and O–H groups in total. The standard InChI is InChI=1S/C10H20O6/c1-9(13-3)10(2,14-4)16-8(6-12)7(5-11)15-9/h7-8,11-12H,5-6H2,1-4H3/t7-,8+,9-,10-/m1/s1. The molecule has 4 atom stereocenters. The lowest BCUT2D eigenvalue weighted by Crippen LogP contribution is -2.66. The molecule has 0 aromatic carbocycles. The van der Waals surface area contributed by atoms with Crippen LogP contribution in [-0.4, -0.2) is 61.4 Å². The Morgan fingerprint density at radius 3 is 1.44 bits per heavy atom. The van der Waals surface area contributed by atoms with E-state index >= 15 is 0 Å². The number of aliphatic hydroxyl groups excluding tert-OH is 2. The Morgan fingerprint density at radius 1 is 0.938 bits per heavy atom. The van der Waals surface area contributed by atoms with Gasteiger partial charge in [0, 0.05) is 14.2 Å². The van der Waals surface area contributed by atoms with Gasteiger partial charge < -0.3 is 29.2 Å². The molecule has 1 aliphatic rings. The van der Waals surface area contributed by atoms with Gasteiger partial charge in [-0.1, -0.05) is 0 Å². The zero-order chi connectivity index (χ0) is 12.4. The van der Waals surface area contributed by atoms with E-state index in [1.165, 1.54) is 14.2 Å². The molecule has 0 saturated carbocycles. The molecule has 16 heavy (non-hydrogen) atoms. The monoisotopic (exact) mass is 236 g/mol. The normalized spacial score (nSPS) is 44.6. The van der Waals surface area contributed by atoms with Crippen LogP contribution >= 0.6 is 0 Å². The van der Waals surface area contributed by atoms with E-state index in [9.17, 15) is 0 Å². The zero-order valence-electron chi connectivity index (χ0n) is 10.1. The third-order valence-electron chi connectivity index (χ3n) is 3.13. The second-order valence-electron chi connectivity index (χ2n) is 3.98. The highest BCUT2D eigenvalue weighted by atomic mass is 16.8. The molecule has 0 amide bonds. The molecule has 6 nitrogen and oxygen atoms in total. The van der Waals surface area contributed by atoms with Gasteiger partial charge in [-0.15, -0.1) is 0 Å². The Labute approximate surface area is 95.1 Å². The summed E-state index contributed by atoms with van der Waals surface area (Å²) in [5.41, 5.74) is 0. The van der Waals surface area contributed by atoms with Crippen LogP contribution < -0.4 is 0 Å². The van der Waals surface area contributed by atoms with E-state index in [1.54, 1.807) is 13.8 Å². The summed E-state index contributed by atoms with van der Waals surface area (Å²) in [6.07, 6.45) is -1.28. The summed E-state index contributed by atoms with van der Waals surface area (Å²) in [6.45, 7) is 2.80. The molecular weight excluding hydrogens is 216 g/mol. The smallest absolute Gasteiger partial charge is 0.220 e. The van der Waals surface area contributed by atoms with Gasteiger partial charge in [0.2, 0.25) is 11.6 Å². The molecule has 6 heteroatoms. The highest BCUT2D eigenvalue weighted by Crippen LogP contribution is 2.38. The number of methoxy groups -OCH3 is 2. The van der Waals surface area contributed by atoms with Crippen LogP contribution in [0.15, 0.2) is 0 Å². The summed E-state index contributed by atoms with van der Waals surface area (Å²) in [5.74, 6) is -2.28. The Kier molecular flexibility index (Phi) is 4.28. The number of rotatable bonds is 4. The van der Waals surface area contributed by atoms with E-state index < -0.39 is 23.8 Å². The summed E-state index contributed by atoms with van der Waals surface area (Å²) in [5, 5.41) is 18.3. The lowest BCUT2D eigenvalue weighted by Gasteiger charge is -2.51. The van der Waals surface area contributed by atoms with Crippen LogP contribution in [0.4, 0.5) is 0 Å². The van der Waals surface area contributed by atoms with E-state index in [4.69, 9.17) is 29.2 Å². The highest BCUT2D eigenvalue weighted by Gasteiger charge is 2.56. The van der Waals surface area contributed by atoms with E-state index in [1.807, 2.05) is 0 Å². The second-order valence-corrected chi connectivity index (χ2v) is 3.98. The molecule has 0 aliphatic carbocycles. The van der Waals surface area contributed by atoms with Crippen molar-refractivity contribution in [2.75, 3.05) is 27.4 Å². The van der Waals surface area contributed by atoms with Crippen LogP contribution in [0, 0.1) is 0 Å². The lowest BCUT2D eigenvalue weighted by molar-refractivity contribution is -0.451. The Balaban J connectivity index is 2.94. The van der Waals surface area contributed by atoms with Gasteiger partial charge in [0.15, 0.2) is 0 Å². The average molecular weight is 236 g/mol. The minimum atomic E-state index is -1.14. The van der Waals surface area contributed by atoms with Gasteiger partial charge in [-0.25, -0.2) is 0 Å². The van der Waals surface area contributed by atoms with Crippen molar-refractivity contribution in [1.29, 1.82) is 0 Å². The minimum absolute atomic E-state index is 0.260. The molecule has 1 fully saturated rings. The van der Waals surface area contributed by atoms with Crippen LogP contribution in [0.25, 0.3) is 0 Å². The predicted molar refractivity (Wildman–Crippen MR) is 54.7 cm³/mol. The predicted octanol–water partition coefficient (Wildman–Crippen LogP) is -0.520. The largest absolute Gasteiger partial charge is 0.394 e. The second kappa shape index (κ2) is 4.95. The quantitative estimate of drug-likeness (QED) is 0.684. The third-order valence-corrected chi connectivity index (χ3v) is 3.13. The molecule has 0 aromatic heterocycles. The van der Waals surface area contributed by atoms with Crippen molar-refractivity contribution < 1.29 is 29.2 Å². The molecule has 1 heterocycles. The van der Waals surface area contributed by atoms with Crippen molar-refractivity contribution >= 4 is 0 Å². The first kappa shape index (κ1) is 13.8. The van der Waals surface area contributed by atoms with Crippen molar-refractivity contribution in [3.63, 3.8) is 0 Å². The van der Waals surface area contributed by atoms with Gasteiger partial charge in [0.25, 0.3) is 0 Å². The number of ether oxygens (including phenoxy) is 4. The fourth-order valence-electron chi connectivity index (χ4n) is 1.72. The van der Waals surface area contributed by atoms with Crippen molar-refractivity contribution in [3.05, 3.63) is 0 Å². The van der Waals surface area contributed by atoms with Gasteiger partial charge in [-0.05, 0) is 13.8 Å². The van der Waals surface area contributed by atoms with Crippen LogP contribution in [0.5, 0.6) is 0 Å². The summed E-state index contributed by atoms with van der Waals surface area (Å²) in [4.78, 5) is 0. The first-order valence-corrected chi connectivity index (χ1v) is 5.14. The Morgan fingerprint density at radius 2 is 1.25 bits per heavy atom. The third kappa shape index (κ3) is 2.09. The minimum Gasteiger partial charge on any atom is -0.394 e. The van der Waals surface area contributed by atoms with E-state index in [0.29, 0.717) is 0 Å². The first-order valence-electron chi connectivity index (χ1n) is 5.14. The molecular formula is C10H20O6. The van der Waals surface area contributed by atoms with Gasteiger partial charge in [-0.2, -0.15) is 0 Å². The lowest BCUT2D eigenvalue weighted by atomic mass is 10.0. The Bertz CT molecular complexity index is 211. The van der Waals surface area contributed by atoms with E-state index in [-0.39, 0.29) is 13.2 Å². The number of hydrogen-bond acceptors (Lipinski definition) is 6. The van der Waals surface area contributed by atoms with Crippen LogP contribution in [0.2, 0.25) is 0 Å². The topological polar surface area (TPSA) is 77.4 Å². The van der Waals surface area contributed by atoms with Gasteiger partial charge in [0.05, 0.1) is 13.2 Å².